The molecule has 0 spiro atoms. The summed E-state index contributed by atoms with van der Waals surface area (Å²) in [5.41, 5.74) is 2.67. The van der Waals surface area contributed by atoms with Gasteiger partial charge >= 0.3 is 0 Å². The second-order valence-electron chi connectivity index (χ2n) is 8.37. The molecule has 1 nitrogen and oxygen atoms in total. The zero-order chi connectivity index (χ0) is 23.2. The van der Waals surface area contributed by atoms with Gasteiger partial charge in [-0.15, -0.1) is 0 Å². The zero-order valence-corrected chi connectivity index (χ0v) is 21.8. The molecule has 0 radical (unpaired) electrons. The van der Waals surface area contributed by atoms with E-state index in [-0.39, 0.29) is 22.8 Å². The smallest absolute Gasteiger partial charge is 0.193 e. The van der Waals surface area contributed by atoms with Crippen molar-refractivity contribution >= 4 is 29.0 Å². The van der Waals surface area contributed by atoms with Gasteiger partial charge in [-0.1, -0.05) is 109 Å². The van der Waals surface area contributed by atoms with Crippen molar-refractivity contribution in [1.82, 2.24) is 0 Å². The van der Waals surface area contributed by atoms with Crippen molar-refractivity contribution in [3.05, 3.63) is 162 Å². The van der Waals surface area contributed by atoms with E-state index in [0.29, 0.717) is 0 Å². The van der Waals surface area contributed by atoms with Crippen LogP contribution in [0.4, 0.5) is 0 Å². The van der Waals surface area contributed by atoms with Crippen LogP contribution in [0.3, 0.4) is 0 Å². The van der Waals surface area contributed by atoms with Crippen molar-refractivity contribution in [2.75, 3.05) is 0 Å². The van der Waals surface area contributed by atoms with Gasteiger partial charge in [0, 0.05) is 11.1 Å². The molecule has 0 amide bonds. The van der Waals surface area contributed by atoms with Gasteiger partial charge in [0.05, 0.1) is 6.16 Å². The third kappa shape index (κ3) is 5.20. The first-order chi connectivity index (χ1) is 16.8. The molecule has 172 valence electrons. The maximum Gasteiger partial charge on any atom is 0.193 e. The Hall–Kier alpha value is -3.32. The summed E-state index contributed by atoms with van der Waals surface area (Å²) in [5.74, 6) is 0.0578. The van der Waals surface area contributed by atoms with Gasteiger partial charge in [-0.05, 0) is 42.0 Å². The summed E-state index contributed by atoms with van der Waals surface area (Å²) >= 11 is 0. The van der Waals surface area contributed by atoms with Gasteiger partial charge in [0.15, 0.2) is 5.78 Å². The van der Waals surface area contributed by atoms with Crippen LogP contribution in [0.5, 0.6) is 0 Å². The Bertz CT molecular complexity index is 1260. The minimum Gasteiger partial charge on any atom is -1.00 e. The topological polar surface area (TPSA) is 17.1 Å². The molecule has 0 heterocycles. The number of halogens is 1. The Morgan fingerprint density at radius 2 is 0.800 bits per heavy atom. The number of rotatable bonds is 7. The fourth-order valence-electron chi connectivity index (χ4n) is 4.56. The second kappa shape index (κ2) is 11.4. The molecule has 35 heavy (non-hydrogen) atoms. The summed E-state index contributed by atoms with van der Waals surface area (Å²) in [6, 6.07) is 50.3. The molecule has 0 saturated heterocycles. The zero-order valence-electron chi connectivity index (χ0n) is 19.3. The molecule has 0 aliphatic carbocycles. The molecule has 0 bridgehead atoms. The van der Waals surface area contributed by atoms with E-state index in [1.807, 2.05) is 42.5 Å². The normalized spacial score (nSPS) is 10.9. The number of ketones is 1. The quantitative estimate of drug-likeness (QED) is 0.230. The van der Waals surface area contributed by atoms with Crippen molar-refractivity contribution in [2.45, 2.75) is 6.16 Å². The minimum atomic E-state index is -1.96. The summed E-state index contributed by atoms with van der Waals surface area (Å²) in [4.78, 5) is 12.9. The molecule has 5 rings (SSSR count). The van der Waals surface area contributed by atoms with Crippen molar-refractivity contribution < 1.29 is 21.8 Å². The largest absolute Gasteiger partial charge is 1.00 e. The summed E-state index contributed by atoms with van der Waals surface area (Å²) in [7, 11) is -1.96. The highest BCUT2D eigenvalue weighted by Crippen LogP contribution is 2.58. The van der Waals surface area contributed by atoms with E-state index in [2.05, 4.69) is 103 Å². The molecule has 0 fully saturated rings. The van der Waals surface area contributed by atoms with Gasteiger partial charge < -0.3 is 17.0 Å². The Morgan fingerprint density at radius 3 is 1.20 bits per heavy atom. The molecule has 5 aromatic rings. The SMILES string of the molecule is O=C(c1ccccc1)c1ccc(C[P+](c2ccccc2)(c2ccccc2)c2ccccc2)cc1.[Br-]. The molecule has 0 saturated carbocycles. The standard InChI is InChI=1S/C32H26OP.BrH/c33-32(27-13-5-1-6-14-27)28-23-21-26(22-24-28)25-34(29-15-7-2-8-16-29,30-17-9-3-10-18-30)31-19-11-4-12-20-31;/h1-24H,25H2;1H/q+1;/p-1. The molecule has 0 aliphatic rings. The first-order valence-electron chi connectivity index (χ1n) is 11.5. The fraction of sp³-hybridized carbons (Fsp3) is 0.0312. The fourth-order valence-corrected chi connectivity index (χ4v) is 8.80. The van der Waals surface area contributed by atoms with E-state index < -0.39 is 7.26 Å². The molecule has 5 aromatic carbocycles. The molecule has 0 atom stereocenters. The molecule has 3 heteroatoms. The lowest BCUT2D eigenvalue weighted by Gasteiger charge is -2.28. The van der Waals surface area contributed by atoms with E-state index in [1.54, 1.807) is 0 Å². The van der Waals surface area contributed by atoms with Crippen LogP contribution in [0, 0.1) is 0 Å². The summed E-state index contributed by atoms with van der Waals surface area (Å²) in [6.45, 7) is 0. The maximum atomic E-state index is 12.9. The third-order valence-corrected chi connectivity index (χ3v) is 10.6. The van der Waals surface area contributed by atoms with Crippen molar-refractivity contribution in [3.8, 4) is 0 Å². The van der Waals surface area contributed by atoms with Crippen LogP contribution in [-0.2, 0) is 6.16 Å². The van der Waals surface area contributed by atoms with E-state index in [4.69, 9.17) is 0 Å². The van der Waals surface area contributed by atoms with Crippen LogP contribution in [0.1, 0.15) is 21.5 Å². The lowest BCUT2D eigenvalue weighted by molar-refractivity contribution is -0.0000138. The van der Waals surface area contributed by atoms with Crippen molar-refractivity contribution in [2.24, 2.45) is 0 Å². The lowest BCUT2D eigenvalue weighted by Crippen LogP contribution is -3.00. The first kappa shape index (κ1) is 24.8. The van der Waals surface area contributed by atoms with Gasteiger partial charge in [-0.3, -0.25) is 4.79 Å². The van der Waals surface area contributed by atoms with Gasteiger partial charge in [0.1, 0.15) is 23.2 Å². The highest BCUT2D eigenvalue weighted by atomic mass is 79.9. The first-order valence-corrected chi connectivity index (χ1v) is 13.5. The Balaban J connectivity index is 0.00000289. The van der Waals surface area contributed by atoms with E-state index >= 15 is 0 Å². The molecule has 0 unspecified atom stereocenters. The summed E-state index contributed by atoms with van der Waals surface area (Å²) < 4.78 is 0. The van der Waals surface area contributed by atoms with Crippen molar-refractivity contribution in [1.29, 1.82) is 0 Å². The number of carbonyl (C=O) groups excluding carboxylic acids is 1. The van der Waals surface area contributed by atoms with Crippen LogP contribution < -0.4 is 32.9 Å². The van der Waals surface area contributed by atoms with Crippen LogP contribution in [0.2, 0.25) is 0 Å². The molecular weight excluding hydrogens is 511 g/mol. The number of hydrogen-bond acceptors (Lipinski definition) is 1. The third-order valence-electron chi connectivity index (χ3n) is 6.26. The minimum absolute atomic E-state index is 0. The van der Waals surface area contributed by atoms with E-state index in [9.17, 15) is 4.79 Å². The second-order valence-corrected chi connectivity index (χ2v) is 11.9. The Labute approximate surface area is 218 Å². The average molecular weight is 537 g/mol. The average Bonchev–Trinajstić information content (AvgIpc) is 2.94. The van der Waals surface area contributed by atoms with Gasteiger partial charge in [-0.25, -0.2) is 0 Å². The summed E-state index contributed by atoms with van der Waals surface area (Å²) in [6.07, 6.45) is 0.894. The number of carbonyl (C=O) groups is 1. The monoisotopic (exact) mass is 536 g/mol. The van der Waals surface area contributed by atoms with Crippen molar-refractivity contribution in [3.63, 3.8) is 0 Å². The predicted octanol–water partition coefficient (Wildman–Crippen LogP) is 3.42. The predicted molar refractivity (Wildman–Crippen MR) is 145 cm³/mol. The van der Waals surface area contributed by atoms with Gasteiger partial charge in [0.25, 0.3) is 0 Å². The van der Waals surface area contributed by atoms with Gasteiger partial charge in [0.2, 0.25) is 0 Å². The molecule has 0 N–H and O–H groups in total. The molecular formula is C32H26BrOP. The molecule has 0 aromatic heterocycles. The highest BCUT2D eigenvalue weighted by molar-refractivity contribution is 7.95. The highest BCUT2D eigenvalue weighted by Gasteiger charge is 2.45. The Morgan fingerprint density at radius 1 is 0.457 bits per heavy atom. The molecule has 0 aliphatic heterocycles. The van der Waals surface area contributed by atoms with Crippen LogP contribution in [0.15, 0.2) is 146 Å². The number of benzene rings is 5. The Kier molecular flexibility index (Phi) is 8.08. The number of hydrogen-bond donors (Lipinski definition) is 0. The summed E-state index contributed by atoms with van der Waals surface area (Å²) in [5, 5.41) is 4.07. The van der Waals surface area contributed by atoms with E-state index in [1.165, 1.54) is 21.5 Å². The maximum absolute atomic E-state index is 12.9. The lowest BCUT2D eigenvalue weighted by atomic mass is 10.0. The van der Waals surface area contributed by atoms with Gasteiger partial charge in [-0.2, -0.15) is 0 Å². The van der Waals surface area contributed by atoms with Crippen LogP contribution in [0.25, 0.3) is 0 Å². The van der Waals surface area contributed by atoms with E-state index in [0.717, 1.165) is 17.3 Å². The van der Waals surface area contributed by atoms with Crippen LogP contribution >= 0.6 is 7.26 Å². The van der Waals surface area contributed by atoms with Crippen LogP contribution in [-0.4, -0.2) is 5.78 Å².